The quantitative estimate of drug-likeness (QED) is 0.758. The Morgan fingerprint density at radius 3 is 2.42 bits per heavy atom. The number of fused-ring (bicyclic) bond motifs is 1. The van der Waals surface area contributed by atoms with Gasteiger partial charge in [-0.15, -0.1) is 0 Å². The van der Waals surface area contributed by atoms with Crippen molar-refractivity contribution >= 4 is 5.95 Å². The number of nitrogens with one attached hydrogen (secondary N) is 1. The molecule has 0 saturated carbocycles. The highest BCUT2D eigenvalue weighted by Gasteiger charge is 2.29. The van der Waals surface area contributed by atoms with Gasteiger partial charge in [-0.2, -0.15) is 10.1 Å². The molecule has 2 aromatic carbocycles. The maximum absolute atomic E-state index is 5.56. The van der Waals surface area contributed by atoms with Crippen molar-refractivity contribution in [1.82, 2.24) is 14.8 Å². The van der Waals surface area contributed by atoms with Crippen LogP contribution >= 0.6 is 0 Å². The van der Waals surface area contributed by atoms with E-state index in [4.69, 9.17) is 9.47 Å². The van der Waals surface area contributed by atoms with Crippen LogP contribution in [0.4, 0.5) is 5.95 Å². The zero-order chi connectivity index (χ0) is 17.9. The maximum atomic E-state index is 5.56. The second kappa shape index (κ2) is 7.07. The van der Waals surface area contributed by atoms with E-state index >= 15 is 0 Å². The fraction of sp³-hybridized carbons (Fsp3) is 0.300. The van der Waals surface area contributed by atoms with Crippen molar-refractivity contribution in [1.29, 1.82) is 0 Å². The van der Waals surface area contributed by atoms with Crippen LogP contribution in [0.2, 0.25) is 0 Å². The number of methoxy groups -OCH3 is 1. The van der Waals surface area contributed by atoms with E-state index in [1.165, 1.54) is 11.1 Å². The molecule has 0 radical (unpaired) electrons. The summed E-state index contributed by atoms with van der Waals surface area (Å²) >= 11 is 0. The summed E-state index contributed by atoms with van der Waals surface area (Å²) < 4.78 is 12.8. The summed E-state index contributed by atoms with van der Waals surface area (Å²) in [6, 6.07) is 16.7. The Bertz CT molecular complexity index is 858. The predicted molar refractivity (Wildman–Crippen MR) is 99.7 cm³/mol. The molecule has 2 heterocycles. The number of ether oxygens (including phenoxy) is 2. The SMILES string of the molecule is CCOc1ccc(C2CC(c3ccc(OC)cc3)Nc3ncnn32)cc1. The van der Waals surface area contributed by atoms with Crippen LogP contribution in [0.1, 0.15) is 36.6 Å². The van der Waals surface area contributed by atoms with Gasteiger partial charge >= 0.3 is 0 Å². The van der Waals surface area contributed by atoms with E-state index in [0.29, 0.717) is 6.61 Å². The van der Waals surface area contributed by atoms with E-state index in [9.17, 15) is 0 Å². The molecule has 2 unspecified atom stereocenters. The molecule has 1 N–H and O–H groups in total. The van der Waals surface area contributed by atoms with Crippen molar-refractivity contribution in [3.63, 3.8) is 0 Å². The Labute approximate surface area is 152 Å². The summed E-state index contributed by atoms with van der Waals surface area (Å²) in [7, 11) is 1.68. The van der Waals surface area contributed by atoms with Gasteiger partial charge in [0.05, 0.1) is 25.8 Å². The molecule has 3 aromatic rings. The van der Waals surface area contributed by atoms with Gasteiger partial charge in [0.25, 0.3) is 0 Å². The summed E-state index contributed by atoms with van der Waals surface area (Å²) in [5, 5.41) is 7.91. The second-order valence-corrected chi connectivity index (χ2v) is 6.25. The largest absolute Gasteiger partial charge is 0.497 e. The molecule has 0 spiro atoms. The van der Waals surface area contributed by atoms with Gasteiger partial charge in [-0.3, -0.25) is 0 Å². The zero-order valence-corrected chi connectivity index (χ0v) is 14.9. The highest BCUT2D eigenvalue weighted by Crippen LogP contribution is 2.38. The van der Waals surface area contributed by atoms with Gasteiger partial charge in [-0.1, -0.05) is 24.3 Å². The molecule has 26 heavy (non-hydrogen) atoms. The van der Waals surface area contributed by atoms with Gasteiger partial charge < -0.3 is 14.8 Å². The molecule has 0 fully saturated rings. The van der Waals surface area contributed by atoms with Crippen molar-refractivity contribution in [3.05, 3.63) is 66.0 Å². The van der Waals surface area contributed by atoms with Crippen LogP contribution in [0, 0.1) is 0 Å². The third kappa shape index (κ3) is 3.10. The maximum Gasteiger partial charge on any atom is 0.222 e. The average Bonchev–Trinajstić information content (AvgIpc) is 3.17. The van der Waals surface area contributed by atoms with Crippen molar-refractivity contribution in [2.75, 3.05) is 19.0 Å². The van der Waals surface area contributed by atoms with E-state index in [-0.39, 0.29) is 12.1 Å². The number of anilines is 1. The molecule has 0 saturated heterocycles. The van der Waals surface area contributed by atoms with Crippen LogP contribution in [0.5, 0.6) is 11.5 Å². The first kappa shape index (κ1) is 16.4. The Balaban J connectivity index is 1.63. The van der Waals surface area contributed by atoms with E-state index in [0.717, 1.165) is 23.9 Å². The summed E-state index contributed by atoms with van der Waals surface area (Å²) in [4.78, 5) is 4.38. The Morgan fingerprint density at radius 2 is 1.73 bits per heavy atom. The lowest BCUT2D eigenvalue weighted by Crippen LogP contribution is -2.28. The molecule has 1 aromatic heterocycles. The van der Waals surface area contributed by atoms with Crippen LogP contribution < -0.4 is 14.8 Å². The van der Waals surface area contributed by atoms with Crippen LogP contribution in [0.25, 0.3) is 0 Å². The van der Waals surface area contributed by atoms with Gasteiger partial charge in [0.2, 0.25) is 5.95 Å². The Kier molecular flexibility index (Phi) is 4.48. The molecular formula is C20H22N4O2. The average molecular weight is 350 g/mol. The van der Waals surface area contributed by atoms with Crippen molar-refractivity contribution < 1.29 is 9.47 Å². The van der Waals surface area contributed by atoms with Crippen LogP contribution in [0.15, 0.2) is 54.9 Å². The van der Waals surface area contributed by atoms with Gasteiger partial charge in [0, 0.05) is 0 Å². The minimum atomic E-state index is 0.122. The molecule has 0 bridgehead atoms. The predicted octanol–water partition coefficient (Wildman–Crippen LogP) is 3.83. The lowest BCUT2D eigenvalue weighted by molar-refractivity contribution is 0.340. The van der Waals surface area contributed by atoms with Gasteiger partial charge in [0.1, 0.15) is 17.8 Å². The number of rotatable bonds is 5. The highest BCUT2D eigenvalue weighted by atomic mass is 16.5. The summed E-state index contributed by atoms with van der Waals surface area (Å²) in [5.74, 6) is 2.53. The van der Waals surface area contributed by atoms with Crippen LogP contribution in [-0.4, -0.2) is 28.5 Å². The third-order valence-corrected chi connectivity index (χ3v) is 4.72. The van der Waals surface area contributed by atoms with Gasteiger partial charge in [-0.05, 0) is 48.7 Å². The monoisotopic (exact) mass is 350 g/mol. The van der Waals surface area contributed by atoms with Crippen LogP contribution in [0.3, 0.4) is 0 Å². The van der Waals surface area contributed by atoms with E-state index < -0.39 is 0 Å². The standard InChI is InChI=1S/C20H22N4O2/c1-3-26-17-10-6-15(7-11-17)19-12-18(23-20-21-13-22-24(19)20)14-4-8-16(25-2)9-5-14/h4-11,13,18-19H,3,12H2,1-2H3,(H,21,22,23). The van der Waals surface area contributed by atoms with Crippen LogP contribution in [-0.2, 0) is 0 Å². The lowest BCUT2D eigenvalue weighted by atomic mass is 9.93. The molecule has 6 nitrogen and oxygen atoms in total. The third-order valence-electron chi connectivity index (χ3n) is 4.72. The molecule has 2 atom stereocenters. The van der Waals surface area contributed by atoms with Gasteiger partial charge in [-0.25, -0.2) is 4.68 Å². The fourth-order valence-corrected chi connectivity index (χ4v) is 3.41. The first-order valence-corrected chi connectivity index (χ1v) is 8.81. The van der Waals surface area contributed by atoms with E-state index in [1.807, 2.05) is 35.9 Å². The lowest BCUT2D eigenvalue weighted by Gasteiger charge is -2.32. The number of nitrogens with zero attached hydrogens (tertiary/aromatic N) is 3. The second-order valence-electron chi connectivity index (χ2n) is 6.25. The minimum Gasteiger partial charge on any atom is -0.497 e. The Hall–Kier alpha value is -3.02. The normalized spacial score (nSPS) is 18.7. The topological polar surface area (TPSA) is 61.2 Å². The first-order valence-electron chi connectivity index (χ1n) is 8.81. The number of benzene rings is 2. The first-order chi connectivity index (χ1) is 12.8. The minimum absolute atomic E-state index is 0.122. The van der Waals surface area contributed by atoms with Gasteiger partial charge in [0.15, 0.2) is 0 Å². The zero-order valence-electron chi connectivity index (χ0n) is 14.9. The number of hydrogen-bond acceptors (Lipinski definition) is 5. The summed E-state index contributed by atoms with van der Waals surface area (Å²) in [6.45, 7) is 2.65. The highest BCUT2D eigenvalue weighted by molar-refractivity contribution is 5.40. The smallest absolute Gasteiger partial charge is 0.222 e. The molecule has 6 heteroatoms. The van der Waals surface area contributed by atoms with Crippen molar-refractivity contribution in [2.24, 2.45) is 0 Å². The summed E-state index contributed by atoms with van der Waals surface area (Å²) in [6.07, 6.45) is 2.48. The molecule has 0 aliphatic carbocycles. The number of hydrogen-bond donors (Lipinski definition) is 1. The van der Waals surface area contributed by atoms with Crippen molar-refractivity contribution in [2.45, 2.75) is 25.4 Å². The Morgan fingerprint density at radius 1 is 1.04 bits per heavy atom. The fourth-order valence-electron chi connectivity index (χ4n) is 3.41. The molecule has 134 valence electrons. The molecule has 0 amide bonds. The van der Waals surface area contributed by atoms with Crippen molar-refractivity contribution in [3.8, 4) is 11.5 Å². The molecular weight excluding hydrogens is 328 g/mol. The molecule has 4 rings (SSSR count). The van der Waals surface area contributed by atoms with E-state index in [2.05, 4.69) is 39.7 Å². The molecule has 1 aliphatic heterocycles. The van der Waals surface area contributed by atoms with E-state index in [1.54, 1.807) is 13.4 Å². The summed E-state index contributed by atoms with van der Waals surface area (Å²) in [5.41, 5.74) is 2.40. The number of aromatic nitrogens is 3. The molecule has 1 aliphatic rings.